The number of nitrogens with zero attached hydrogens (tertiary/aromatic N) is 1. The van der Waals surface area contributed by atoms with Crippen LogP contribution in [0.25, 0.3) is 76.2 Å². The first kappa shape index (κ1) is 26.8. The molecule has 0 fully saturated rings. The molecule has 224 valence electrons. The van der Waals surface area contributed by atoms with Gasteiger partial charge in [-0.2, -0.15) is 0 Å². The molecule has 2 heteroatoms. The average Bonchev–Trinajstić information content (AvgIpc) is 3.53. The predicted molar refractivity (Wildman–Crippen MR) is 204 cm³/mol. The lowest BCUT2D eigenvalue weighted by Gasteiger charge is -2.26. The Kier molecular flexibility index (Phi) is 5.91. The first-order chi connectivity index (χ1) is 23.8. The van der Waals surface area contributed by atoms with Crippen LogP contribution in [0.4, 0.5) is 17.1 Å². The van der Waals surface area contributed by atoms with Crippen molar-refractivity contribution in [3.8, 4) is 11.1 Å². The number of para-hydroxylation sites is 1. The van der Waals surface area contributed by atoms with Crippen molar-refractivity contribution in [1.29, 1.82) is 0 Å². The van der Waals surface area contributed by atoms with Crippen LogP contribution in [0.3, 0.4) is 0 Å². The zero-order valence-corrected chi connectivity index (χ0v) is 26.1. The third-order valence-corrected chi connectivity index (χ3v) is 9.81. The molecular weight excluding hydrogens is 583 g/mol. The fourth-order valence-corrected chi connectivity index (χ4v) is 7.53. The van der Waals surface area contributed by atoms with Crippen LogP contribution in [-0.4, -0.2) is 0 Å². The summed E-state index contributed by atoms with van der Waals surface area (Å²) in [5.41, 5.74) is 7.44. The molecule has 0 bridgehead atoms. The second kappa shape index (κ2) is 10.6. The molecule has 0 radical (unpaired) electrons. The first-order valence-electron chi connectivity index (χ1n) is 16.4. The van der Waals surface area contributed by atoms with Crippen LogP contribution in [-0.2, 0) is 0 Å². The third-order valence-electron chi connectivity index (χ3n) is 9.81. The minimum absolute atomic E-state index is 0.879. The zero-order valence-electron chi connectivity index (χ0n) is 26.1. The minimum Gasteiger partial charge on any atom is -0.456 e. The van der Waals surface area contributed by atoms with E-state index in [0.29, 0.717) is 0 Å². The number of furan rings is 1. The van der Waals surface area contributed by atoms with Gasteiger partial charge in [0.15, 0.2) is 0 Å². The van der Waals surface area contributed by atoms with E-state index in [-0.39, 0.29) is 0 Å². The van der Waals surface area contributed by atoms with Gasteiger partial charge < -0.3 is 9.32 Å². The van der Waals surface area contributed by atoms with Crippen LogP contribution in [0.2, 0.25) is 0 Å². The number of rotatable bonds is 4. The van der Waals surface area contributed by atoms with E-state index in [1.807, 2.05) is 12.1 Å². The molecular formula is C46H29NO. The highest BCUT2D eigenvalue weighted by Crippen LogP contribution is 2.42. The van der Waals surface area contributed by atoms with Gasteiger partial charge in [0.25, 0.3) is 0 Å². The van der Waals surface area contributed by atoms with Gasteiger partial charge in [-0.1, -0.05) is 127 Å². The van der Waals surface area contributed by atoms with Crippen LogP contribution in [0, 0.1) is 0 Å². The van der Waals surface area contributed by atoms with E-state index in [0.717, 1.165) is 39.0 Å². The third kappa shape index (κ3) is 4.20. The molecule has 0 atom stereocenters. The molecule has 1 aromatic heterocycles. The molecule has 0 aliphatic rings. The van der Waals surface area contributed by atoms with E-state index in [9.17, 15) is 0 Å². The van der Waals surface area contributed by atoms with Crippen molar-refractivity contribution in [3.05, 3.63) is 176 Å². The molecule has 0 spiro atoms. The van der Waals surface area contributed by atoms with Gasteiger partial charge in [0.1, 0.15) is 11.2 Å². The number of benzene rings is 9. The number of hydrogen-bond acceptors (Lipinski definition) is 2. The van der Waals surface area contributed by atoms with Crippen molar-refractivity contribution < 1.29 is 4.42 Å². The monoisotopic (exact) mass is 611 g/mol. The van der Waals surface area contributed by atoms with E-state index in [2.05, 4.69) is 169 Å². The zero-order chi connectivity index (χ0) is 31.6. The highest BCUT2D eigenvalue weighted by molar-refractivity contribution is 6.20. The van der Waals surface area contributed by atoms with Gasteiger partial charge in [0.2, 0.25) is 0 Å². The number of fused-ring (bicyclic) bond motifs is 9. The maximum absolute atomic E-state index is 6.37. The molecule has 0 saturated heterocycles. The molecule has 0 unspecified atom stereocenters. The minimum atomic E-state index is 0.879. The average molecular weight is 612 g/mol. The summed E-state index contributed by atoms with van der Waals surface area (Å²) in [7, 11) is 0. The van der Waals surface area contributed by atoms with Crippen molar-refractivity contribution in [2.75, 3.05) is 4.90 Å². The van der Waals surface area contributed by atoms with Gasteiger partial charge in [-0.3, -0.25) is 0 Å². The van der Waals surface area contributed by atoms with E-state index in [1.54, 1.807) is 0 Å². The Morgan fingerprint density at radius 3 is 1.73 bits per heavy atom. The standard InChI is InChI=1S/C46H29NO/c1-3-11-38-30(8-1)10-7-14-39(38)32-20-22-35(23-21-32)47(37-25-27-43-42-13-5-6-15-44(42)48-45(43)29-37)36-24-26-41-34(28-36)19-18-33-17-16-31-9-2-4-12-40(31)46(33)41/h1-29H. The lowest BCUT2D eigenvalue weighted by Crippen LogP contribution is -2.09. The molecule has 0 aliphatic carbocycles. The largest absolute Gasteiger partial charge is 0.456 e. The molecule has 0 saturated carbocycles. The second-order valence-corrected chi connectivity index (χ2v) is 12.5. The molecule has 2 nitrogen and oxygen atoms in total. The summed E-state index contributed by atoms with van der Waals surface area (Å²) in [6.07, 6.45) is 0. The molecule has 10 rings (SSSR count). The number of hydrogen-bond donors (Lipinski definition) is 0. The van der Waals surface area contributed by atoms with Crippen LogP contribution < -0.4 is 4.90 Å². The highest BCUT2D eigenvalue weighted by Gasteiger charge is 2.17. The maximum Gasteiger partial charge on any atom is 0.137 e. The molecule has 48 heavy (non-hydrogen) atoms. The van der Waals surface area contributed by atoms with Crippen molar-refractivity contribution >= 4 is 82.1 Å². The van der Waals surface area contributed by atoms with Crippen LogP contribution in [0.5, 0.6) is 0 Å². The molecule has 0 amide bonds. The van der Waals surface area contributed by atoms with Crippen molar-refractivity contribution in [1.82, 2.24) is 0 Å². The van der Waals surface area contributed by atoms with Gasteiger partial charge in [-0.15, -0.1) is 0 Å². The molecule has 0 N–H and O–H groups in total. The van der Waals surface area contributed by atoms with Crippen LogP contribution >= 0.6 is 0 Å². The fourth-order valence-electron chi connectivity index (χ4n) is 7.53. The van der Waals surface area contributed by atoms with Gasteiger partial charge in [-0.05, 0) is 96.7 Å². The van der Waals surface area contributed by atoms with Gasteiger partial charge in [-0.25, -0.2) is 0 Å². The Morgan fingerprint density at radius 2 is 0.896 bits per heavy atom. The summed E-state index contributed by atoms with van der Waals surface area (Å²) in [5.74, 6) is 0. The molecule has 0 aliphatic heterocycles. The first-order valence-corrected chi connectivity index (χ1v) is 16.4. The Labute approximate surface area is 277 Å². The molecule has 1 heterocycles. The van der Waals surface area contributed by atoms with Crippen LogP contribution in [0.1, 0.15) is 0 Å². The van der Waals surface area contributed by atoms with Gasteiger partial charge >= 0.3 is 0 Å². The normalized spacial score (nSPS) is 11.8. The van der Waals surface area contributed by atoms with E-state index < -0.39 is 0 Å². The Morgan fingerprint density at radius 1 is 0.333 bits per heavy atom. The topological polar surface area (TPSA) is 16.4 Å². The summed E-state index contributed by atoms with van der Waals surface area (Å²) in [4.78, 5) is 2.34. The van der Waals surface area contributed by atoms with E-state index >= 15 is 0 Å². The van der Waals surface area contributed by atoms with E-state index in [1.165, 1.54) is 54.2 Å². The van der Waals surface area contributed by atoms with Crippen molar-refractivity contribution in [2.45, 2.75) is 0 Å². The summed E-state index contributed by atoms with van der Waals surface area (Å²) < 4.78 is 6.37. The lowest BCUT2D eigenvalue weighted by molar-refractivity contribution is 0.669. The van der Waals surface area contributed by atoms with Gasteiger partial charge in [0.05, 0.1) is 0 Å². The van der Waals surface area contributed by atoms with Crippen molar-refractivity contribution in [3.63, 3.8) is 0 Å². The SMILES string of the molecule is c1ccc2c(-c3ccc(N(c4ccc5c(ccc6ccc7ccccc7c65)c4)c4ccc5c(c4)oc4ccccc45)cc3)cccc2c1. The van der Waals surface area contributed by atoms with E-state index in [4.69, 9.17) is 4.42 Å². The highest BCUT2D eigenvalue weighted by atomic mass is 16.3. The second-order valence-electron chi connectivity index (χ2n) is 12.5. The molecule has 10 aromatic rings. The fraction of sp³-hybridized carbons (Fsp3) is 0. The Hall–Kier alpha value is -6.38. The van der Waals surface area contributed by atoms with Crippen molar-refractivity contribution in [2.24, 2.45) is 0 Å². The summed E-state index contributed by atoms with van der Waals surface area (Å²) in [5, 5.41) is 12.3. The lowest BCUT2D eigenvalue weighted by atomic mass is 9.96. The predicted octanol–water partition coefficient (Wildman–Crippen LogP) is 13.3. The van der Waals surface area contributed by atoms with Crippen LogP contribution in [0.15, 0.2) is 180 Å². The maximum atomic E-state index is 6.37. The smallest absolute Gasteiger partial charge is 0.137 e. The quantitative estimate of drug-likeness (QED) is 0.184. The number of anilines is 3. The molecule has 9 aromatic carbocycles. The summed E-state index contributed by atoms with van der Waals surface area (Å²) >= 11 is 0. The summed E-state index contributed by atoms with van der Waals surface area (Å²) in [6, 6.07) is 63.4. The van der Waals surface area contributed by atoms with Gasteiger partial charge in [0, 0.05) is 33.9 Å². The Balaban J connectivity index is 1.16. The Bertz CT molecular complexity index is 2840. The summed E-state index contributed by atoms with van der Waals surface area (Å²) in [6.45, 7) is 0.